The van der Waals surface area contributed by atoms with Gasteiger partial charge in [-0.1, -0.05) is 11.8 Å². The molecule has 31 heavy (non-hydrogen) atoms. The lowest BCUT2D eigenvalue weighted by atomic mass is 9.99. The van der Waals surface area contributed by atoms with Crippen LogP contribution in [0.2, 0.25) is 0 Å². The van der Waals surface area contributed by atoms with Crippen LogP contribution in [-0.4, -0.2) is 52.7 Å². The molecule has 5 rings (SSSR count). The Morgan fingerprint density at radius 3 is 2.84 bits per heavy atom. The molecule has 0 aromatic heterocycles. The summed E-state index contributed by atoms with van der Waals surface area (Å²) in [6.07, 6.45) is 10.5. The first-order chi connectivity index (χ1) is 15.1. The number of thioether (sulfide) groups is 1. The van der Waals surface area contributed by atoms with Crippen LogP contribution in [0.3, 0.4) is 0 Å². The summed E-state index contributed by atoms with van der Waals surface area (Å²) < 4.78 is 13.5. The van der Waals surface area contributed by atoms with E-state index >= 15 is 0 Å². The largest absolute Gasteiger partial charge is 0.319 e. The van der Waals surface area contributed by atoms with Crippen LogP contribution in [0, 0.1) is 11.7 Å². The molecule has 2 unspecified atom stereocenters. The molecular weight excluding hydrogens is 413 g/mol. The molecule has 4 aliphatic rings. The first kappa shape index (κ1) is 20.6. The maximum absolute atomic E-state index is 13.5. The van der Waals surface area contributed by atoms with Gasteiger partial charge in [-0.2, -0.15) is 5.10 Å². The summed E-state index contributed by atoms with van der Waals surface area (Å²) in [6.45, 7) is 1.69. The summed E-state index contributed by atoms with van der Waals surface area (Å²) in [5.74, 6) is -0.225. The van der Waals surface area contributed by atoms with Gasteiger partial charge in [-0.25, -0.2) is 9.40 Å². The SMILES string of the molecule is CN(N=CN1C(c2ccc(F)cc2)=CN2C3=C(CCCC3)SC12)C(=O)C1CCCNC1. The Kier molecular flexibility index (Phi) is 5.75. The number of allylic oxidation sites excluding steroid dienone is 2. The van der Waals surface area contributed by atoms with E-state index in [0.717, 1.165) is 43.5 Å². The summed E-state index contributed by atoms with van der Waals surface area (Å²) in [7, 11) is 1.73. The fraction of sp³-hybridized carbons (Fsp3) is 0.478. The average Bonchev–Trinajstić information content (AvgIpc) is 3.34. The molecule has 1 N–H and O–H groups in total. The molecule has 6 nitrogen and oxygen atoms in total. The van der Waals surface area contributed by atoms with Crippen LogP contribution in [-0.2, 0) is 4.79 Å². The van der Waals surface area contributed by atoms with Crippen LogP contribution in [0.4, 0.5) is 4.39 Å². The van der Waals surface area contributed by atoms with Crippen molar-refractivity contribution in [1.29, 1.82) is 0 Å². The van der Waals surface area contributed by atoms with Gasteiger partial charge in [0, 0.05) is 30.4 Å². The van der Waals surface area contributed by atoms with Crippen LogP contribution in [0.5, 0.6) is 0 Å². The summed E-state index contributed by atoms with van der Waals surface area (Å²) in [6, 6.07) is 6.57. The molecular formula is C23H28FN5OS. The van der Waals surface area contributed by atoms with Gasteiger partial charge in [-0.3, -0.25) is 9.69 Å². The summed E-state index contributed by atoms with van der Waals surface area (Å²) in [5.41, 5.74) is 3.37. The molecule has 1 fully saturated rings. The van der Waals surface area contributed by atoms with Gasteiger partial charge in [-0.05, 0) is 74.9 Å². The third-order valence-electron chi connectivity index (χ3n) is 6.42. The fourth-order valence-corrected chi connectivity index (χ4v) is 6.15. The molecule has 0 bridgehead atoms. The minimum absolute atomic E-state index is 0.0204. The highest BCUT2D eigenvalue weighted by molar-refractivity contribution is 8.03. The highest BCUT2D eigenvalue weighted by atomic mass is 32.2. The highest BCUT2D eigenvalue weighted by Gasteiger charge is 2.41. The van der Waals surface area contributed by atoms with E-state index in [1.165, 1.54) is 40.6 Å². The second-order valence-corrected chi connectivity index (χ2v) is 9.64. The van der Waals surface area contributed by atoms with E-state index in [0.29, 0.717) is 6.54 Å². The van der Waals surface area contributed by atoms with Crippen molar-refractivity contribution >= 4 is 29.7 Å². The number of nitrogens with zero attached hydrogens (tertiary/aromatic N) is 4. The van der Waals surface area contributed by atoms with Gasteiger partial charge < -0.3 is 10.2 Å². The van der Waals surface area contributed by atoms with Gasteiger partial charge in [0.25, 0.3) is 0 Å². The Balaban J connectivity index is 1.40. The van der Waals surface area contributed by atoms with E-state index in [2.05, 4.69) is 26.4 Å². The standard InChI is InChI=1S/C23H28FN5OS/c1-27(22(30)17-5-4-12-25-13-17)26-15-29-20(16-8-10-18(24)11-9-16)14-28-19-6-2-3-7-21(19)31-23(28)29/h8-11,14-15,17,23,25H,2-7,12-13H2,1H3. The van der Waals surface area contributed by atoms with Gasteiger partial charge in [-0.15, -0.1) is 0 Å². The molecule has 1 amide bonds. The zero-order valence-corrected chi connectivity index (χ0v) is 18.6. The Labute approximate surface area is 186 Å². The minimum Gasteiger partial charge on any atom is -0.319 e. The number of fused-ring (bicyclic) bond motifs is 2. The molecule has 0 spiro atoms. The van der Waals surface area contributed by atoms with Crippen LogP contribution in [0.25, 0.3) is 5.70 Å². The summed E-state index contributed by atoms with van der Waals surface area (Å²) in [5, 5.41) is 9.30. The maximum Gasteiger partial charge on any atom is 0.246 e. The van der Waals surface area contributed by atoms with Gasteiger partial charge in [0.2, 0.25) is 5.91 Å². The first-order valence-corrected chi connectivity index (χ1v) is 12.0. The predicted octanol–water partition coefficient (Wildman–Crippen LogP) is 3.96. The Bertz CT molecular complexity index is 938. The number of piperidine rings is 1. The van der Waals surface area contributed by atoms with Crippen LogP contribution in [0.1, 0.15) is 44.1 Å². The third kappa shape index (κ3) is 3.99. The number of halogens is 1. The minimum atomic E-state index is -0.249. The molecule has 1 aromatic carbocycles. The molecule has 1 saturated heterocycles. The number of hydrogen-bond donors (Lipinski definition) is 1. The predicted molar refractivity (Wildman–Crippen MR) is 122 cm³/mol. The number of carbonyl (C=O) groups is 1. The van der Waals surface area contributed by atoms with E-state index in [4.69, 9.17) is 0 Å². The molecule has 1 aromatic rings. The van der Waals surface area contributed by atoms with Crippen molar-refractivity contribution in [2.75, 3.05) is 20.1 Å². The monoisotopic (exact) mass is 441 g/mol. The second kappa shape index (κ2) is 8.67. The van der Waals surface area contributed by atoms with Crippen molar-refractivity contribution in [3.05, 3.63) is 52.4 Å². The fourth-order valence-electron chi connectivity index (χ4n) is 4.71. The normalized spacial score (nSPS) is 25.7. The lowest BCUT2D eigenvalue weighted by Gasteiger charge is -2.28. The zero-order chi connectivity index (χ0) is 21.4. The zero-order valence-electron chi connectivity index (χ0n) is 17.8. The number of hydrazone groups is 1. The van der Waals surface area contributed by atoms with Crippen molar-refractivity contribution in [3.63, 3.8) is 0 Å². The molecule has 3 aliphatic heterocycles. The number of carbonyl (C=O) groups excluding carboxylic acids is 1. The van der Waals surface area contributed by atoms with E-state index in [9.17, 15) is 9.18 Å². The topological polar surface area (TPSA) is 51.2 Å². The van der Waals surface area contributed by atoms with E-state index in [1.807, 2.05) is 11.8 Å². The number of hydrogen-bond acceptors (Lipinski definition) is 5. The van der Waals surface area contributed by atoms with Crippen LogP contribution >= 0.6 is 11.8 Å². The van der Waals surface area contributed by atoms with Crippen molar-refractivity contribution in [2.24, 2.45) is 11.0 Å². The number of benzene rings is 1. The Morgan fingerprint density at radius 2 is 2.06 bits per heavy atom. The molecule has 2 atom stereocenters. The van der Waals surface area contributed by atoms with Crippen LogP contribution in [0.15, 0.2) is 46.2 Å². The van der Waals surface area contributed by atoms with Crippen molar-refractivity contribution < 1.29 is 9.18 Å². The molecule has 8 heteroatoms. The summed E-state index contributed by atoms with van der Waals surface area (Å²) in [4.78, 5) is 18.7. The van der Waals surface area contributed by atoms with E-state index < -0.39 is 0 Å². The average molecular weight is 442 g/mol. The Hall–Kier alpha value is -2.32. The highest BCUT2D eigenvalue weighted by Crippen LogP contribution is 2.51. The lowest BCUT2D eigenvalue weighted by Crippen LogP contribution is -2.40. The van der Waals surface area contributed by atoms with E-state index in [-0.39, 0.29) is 23.1 Å². The van der Waals surface area contributed by atoms with E-state index in [1.54, 1.807) is 25.5 Å². The molecule has 3 heterocycles. The maximum atomic E-state index is 13.5. The van der Waals surface area contributed by atoms with Gasteiger partial charge in [0.1, 0.15) is 12.2 Å². The molecule has 1 aliphatic carbocycles. The molecule has 164 valence electrons. The number of rotatable bonds is 4. The van der Waals surface area contributed by atoms with Crippen molar-refractivity contribution in [1.82, 2.24) is 20.1 Å². The molecule has 0 saturated carbocycles. The number of amides is 1. The van der Waals surface area contributed by atoms with Crippen molar-refractivity contribution in [3.8, 4) is 0 Å². The molecule has 0 radical (unpaired) electrons. The van der Waals surface area contributed by atoms with Gasteiger partial charge in [0.05, 0.1) is 11.6 Å². The smallest absolute Gasteiger partial charge is 0.246 e. The van der Waals surface area contributed by atoms with Gasteiger partial charge >= 0.3 is 0 Å². The summed E-state index contributed by atoms with van der Waals surface area (Å²) >= 11 is 1.86. The Morgan fingerprint density at radius 1 is 1.26 bits per heavy atom. The second-order valence-electron chi connectivity index (χ2n) is 8.49. The van der Waals surface area contributed by atoms with Crippen LogP contribution < -0.4 is 5.32 Å². The first-order valence-electron chi connectivity index (χ1n) is 11.1. The van der Waals surface area contributed by atoms with Gasteiger partial charge in [0.15, 0.2) is 5.50 Å². The number of nitrogens with one attached hydrogen (secondary N) is 1. The quantitative estimate of drug-likeness (QED) is 0.436. The van der Waals surface area contributed by atoms with Crippen molar-refractivity contribution in [2.45, 2.75) is 44.0 Å². The third-order valence-corrected chi connectivity index (χ3v) is 7.81. The lowest BCUT2D eigenvalue weighted by molar-refractivity contribution is -0.134.